The maximum absolute atomic E-state index is 13.5. The van der Waals surface area contributed by atoms with Crippen molar-refractivity contribution >= 4 is 10.9 Å². The number of rotatable bonds is 4. The van der Waals surface area contributed by atoms with E-state index in [4.69, 9.17) is 0 Å². The Labute approximate surface area is 131 Å². The summed E-state index contributed by atoms with van der Waals surface area (Å²) in [4.78, 5) is 17.4. The number of aromatic nitrogens is 4. The second-order valence-corrected chi connectivity index (χ2v) is 5.26. The van der Waals surface area contributed by atoms with Gasteiger partial charge >= 0.3 is 0 Å². The van der Waals surface area contributed by atoms with E-state index < -0.39 is 5.82 Å². The van der Waals surface area contributed by atoms with Crippen LogP contribution in [0.15, 0.2) is 35.4 Å². The first-order valence-corrected chi connectivity index (χ1v) is 7.14. The highest BCUT2D eigenvalue weighted by molar-refractivity contribution is 5.78. The lowest BCUT2D eigenvalue weighted by Gasteiger charge is -2.18. The van der Waals surface area contributed by atoms with E-state index in [1.165, 1.54) is 22.8 Å². The van der Waals surface area contributed by atoms with E-state index in [1.54, 1.807) is 31.2 Å². The third kappa shape index (κ3) is 2.73. The molecule has 0 saturated carbocycles. The summed E-state index contributed by atoms with van der Waals surface area (Å²) in [6.45, 7) is 1.88. The van der Waals surface area contributed by atoms with Gasteiger partial charge in [0.2, 0.25) is 0 Å². The van der Waals surface area contributed by atoms with Crippen LogP contribution in [0.25, 0.3) is 16.6 Å². The van der Waals surface area contributed by atoms with Crippen LogP contribution in [-0.4, -0.2) is 26.4 Å². The van der Waals surface area contributed by atoms with Crippen molar-refractivity contribution in [3.05, 3.63) is 52.6 Å². The van der Waals surface area contributed by atoms with E-state index in [0.717, 1.165) is 0 Å². The lowest BCUT2D eigenvalue weighted by molar-refractivity contribution is 0.476. The number of fused-ring (bicyclic) bond motifs is 1. The number of nitrogens with zero attached hydrogens (tertiary/aromatic N) is 4. The predicted octanol–water partition coefficient (Wildman–Crippen LogP) is 1.04. The molecule has 0 amide bonds. The number of hydrogen-bond acceptors (Lipinski definition) is 5. The lowest BCUT2D eigenvalue weighted by Crippen LogP contribution is -2.35. The molecular formula is C15H17FN6O. The second-order valence-electron chi connectivity index (χ2n) is 5.26. The first-order chi connectivity index (χ1) is 11.0. The van der Waals surface area contributed by atoms with Gasteiger partial charge in [-0.25, -0.2) is 14.8 Å². The summed E-state index contributed by atoms with van der Waals surface area (Å²) in [7, 11) is 3.50. The van der Waals surface area contributed by atoms with Crippen molar-refractivity contribution in [1.82, 2.24) is 30.2 Å². The van der Waals surface area contributed by atoms with Gasteiger partial charge in [-0.15, -0.1) is 0 Å². The van der Waals surface area contributed by atoms with Gasteiger partial charge < -0.3 is 0 Å². The van der Waals surface area contributed by atoms with Crippen LogP contribution in [0.3, 0.4) is 0 Å². The third-order valence-electron chi connectivity index (χ3n) is 3.55. The summed E-state index contributed by atoms with van der Waals surface area (Å²) in [5, 5.41) is 4.33. The highest BCUT2D eigenvalue weighted by atomic mass is 19.1. The standard InChI is InChI=1S/C15H17FN6O/c1-9(20-17-2)14-19-13-5-4-10(16)6-12(13)15(23)22(14)11-7-18-21(3)8-11/h4-9,17,20H,1-3H3/t9-/m0/s1. The predicted molar refractivity (Wildman–Crippen MR) is 84.7 cm³/mol. The SMILES string of the molecule is CNN[C@@H](C)c1nc2ccc(F)cc2c(=O)n1-c1cnn(C)c1. The van der Waals surface area contributed by atoms with Gasteiger partial charge in [0.25, 0.3) is 5.56 Å². The molecule has 0 unspecified atom stereocenters. The van der Waals surface area contributed by atoms with E-state index in [9.17, 15) is 9.18 Å². The van der Waals surface area contributed by atoms with Gasteiger partial charge in [0.05, 0.1) is 28.8 Å². The molecule has 0 spiro atoms. The van der Waals surface area contributed by atoms with Crippen LogP contribution in [0.4, 0.5) is 4.39 Å². The van der Waals surface area contributed by atoms with Crippen molar-refractivity contribution in [2.75, 3.05) is 7.05 Å². The highest BCUT2D eigenvalue weighted by Gasteiger charge is 2.18. The third-order valence-corrected chi connectivity index (χ3v) is 3.55. The Balaban J connectivity index is 2.35. The Hall–Kier alpha value is -2.58. The molecule has 8 heteroatoms. The van der Waals surface area contributed by atoms with Crippen LogP contribution in [0.1, 0.15) is 18.8 Å². The Morgan fingerprint density at radius 1 is 1.35 bits per heavy atom. The number of halogens is 1. The largest absolute Gasteiger partial charge is 0.274 e. The van der Waals surface area contributed by atoms with Gasteiger partial charge in [0, 0.05) is 13.2 Å². The van der Waals surface area contributed by atoms with E-state index in [2.05, 4.69) is 20.9 Å². The zero-order valence-corrected chi connectivity index (χ0v) is 13.0. The van der Waals surface area contributed by atoms with Crippen molar-refractivity contribution in [2.24, 2.45) is 7.05 Å². The Morgan fingerprint density at radius 2 is 2.13 bits per heavy atom. The molecule has 7 nitrogen and oxygen atoms in total. The molecule has 0 saturated heterocycles. The van der Waals surface area contributed by atoms with Crippen LogP contribution in [0.2, 0.25) is 0 Å². The maximum Gasteiger partial charge on any atom is 0.266 e. The topological polar surface area (TPSA) is 76.8 Å². The van der Waals surface area contributed by atoms with Crippen LogP contribution in [0.5, 0.6) is 0 Å². The molecule has 3 rings (SSSR count). The molecule has 120 valence electrons. The zero-order chi connectivity index (χ0) is 16.6. The van der Waals surface area contributed by atoms with E-state index >= 15 is 0 Å². The molecule has 1 aromatic carbocycles. The fourth-order valence-corrected chi connectivity index (χ4v) is 2.52. The molecule has 0 bridgehead atoms. The summed E-state index contributed by atoms with van der Waals surface area (Å²) < 4.78 is 16.6. The molecule has 0 aliphatic rings. The number of hydrogen-bond donors (Lipinski definition) is 2. The van der Waals surface area contributed by atoms with Gasteiger partial charge in [-0.1, -0.05) is 0 Å². The van der Waals surface area contributed by atoms with Crippen LogP contribution < -0.4 is 16.4 Å². The minimum atomic E-state index is -0.469. The molecule has 1 atom stereocenters. The van der Waals surface area contributed by atoms with Gasteiger partial charge in [-0.05, 0) is 32.2 Å². The molecule has 2 heterocycles. The molecule has 0 aliphatic heterocycles. The fraction of sp³-hybridized carbons (Fsp3) is 0.267. The van der Waals surface area contributed by atoms with Crippen LogP contribution >= 0.6 is 0 Å². The van der Waals surface area contributed by atoms with Gasteiger partial charge in [-0.2, -0.15) is 5.10 Å². The van der Waals surface area contributed by atoms with Crippen LogP contribution in [-0.2, 0) is 7.05 Å². The van der Waals surface area contributed by atoms with Crippen LogP contribution in [0, 0.1) is 5.82 Å². The number of nitrogens with one attached hydrogen (secondary N) is 2. The smallest absolute Gasteiger partial charge is 0.266 e. The molecule has 3 aromatic rings. The average Bonchev–Trinajstić information content (AvgIpc) is 2.94. The Bertz CT molecular complexity index is 916. The monoisotopic (exact) mass is 316 g/mol. The fourth-order valence-electron chi connectivity index (χ4n) is 2.52. The molecule has 2 N–H and O–H groups in total. The van der Waals surface area contributed by atoms with E-state index in [0.29, 0.717) is 17.0 Å². The first-order valence-electron chi connectivity index (χ1n) is 7.14. The molecule has 0 fully saturated rings. The summed E-state index contributed by atoms with van der Waals surface area (Å²) >= 11 is 0. The second kappa shape index (κ2) is 5.90. The highest BCUT2D eigenvalue weighted by Crippen LogP contribution is 2.18. The molecule has 2 aromatic heterocycles. The summed E-state index contributed by atoms with van der Waals surface area (Å²) in [6.07, 6.45) is 3.29. The first kappa shape index (κ1) is 15.3. The normalized spacial score (nSPS) is 12.7. The molecule has 0 radical (unpaired) electrons. The van der Waals surface area contributed by atoms with Crippen molar-refractivity contribution in [2.45, 2.75) is 13.0 Å². The van der Waals surface area contributed by atoms with E-state index in [-0.39, 0.29) is 17.0 Å². The van der Waals surface area contributed by atoms with Gasteiger partial charge in [0.15, 0.2) is 0 Å². The maximum atomic E-state index is 13.5. The van der Waals surface area contributed by atoms with Crippen molar-refractivity contribution < 1.29 is 4.39 Å². The average molecular weight is 316 g/mol. The van der Waals surface area contributed by atoms with Crippen molar-refractivity contribution in [1.29, 1.82) is 0 Å². The number of hydrazine groups is 1. The van der Waals surface area contributed by atoms with Gasteiger partial charge in [-0.3, -0.25) is 19.5 Å². The number of benzene rings is 1. The number of aryl methyl sites for hydroxylation is 1. The Morgan fingerprint density at radius 3 is 2.78 bits per heavy atom. The molecular weight excluding hydrogens is 299 g/mol. The minimum Gasteiger partial charge on any atom is -0.274 e. The summed E-state index contributed by atoms with van der Waals surface area (Å²) in [5.41, 5.74) is 6.55. The summed E-state index contributed by atoms with van der Waals surface area (Å²) in [6, 6.07) is 3.76. The van der Waals surface area contributed by atoms with Crippen molar-refractivity contribution in [3.63, 3.8) is 0 Å². The Kier molecular flexibility index (Phi) is 3.93. The van der Waals surface area contributed by atoms with Gasteiger partial charge in [0.1, 0.15) is 11.6 Å². The molecule has 23 heavy (non-hydrogen) atoms. The molecule has 0 aliphatic carbocycles. The summed E-state index contributed by atoms with van der Waals surface area (Å²) in [5.74, 6) is 0.0414. The minimum absolute atomic E-state index is 0.231. The lowest BCUT2D eigenvalue weighted by atomic mass is 10.2. The zero-order valence-electron chi connectivity index (χ0n) is 13.0. The quantitative estimate of drug-likeness (QED) is 0.704. The van der Waals surface area contributed by atoms with Crippen molar-refractivity contribution in [3.8, 4) is 5.69 Å². The van der Waals surface area contributed by atoms with E-state index in [1.807, 2.05) is 6.92 Å².